The van der Waals surface area contributed by atoms with Crippen LogP contribution in [-0.2, 0) is 4.74 Å². The molecule has 4 heteroatoms. The number of thiophene rings is 1. The summed E-state index contributed by atoms with van der Waals surface area (Å²) in [6, 6.07) is 2.15. The van der Waals surface area contributed by atoms with E-state index in [2.05, 4.69) is 44.6 Å². The summed E-state index contributed by atoms with van der Waals surface area (Å²) in [6.07, 6.45) is 0.0470. The molecule has 0 aliphatic rings. The highest BCUT2D eigenvalue weighted by Gasteiger charge is 2.33. The fraction of sp³-hybridized carbons (Fsp3) is 0.667. The van der Waals surface area contributed by atoms with E-state index in [1.54, 1.807) is 18.4 Å². The molecule has 0 radical (unpaired) electrons. The van der Waals surface area contributed by atoms with E-state index in [0.717, 1.165) is 0 Å². The van der Waals surface area contributed by atoms with E-state index < -0.39 is 0 Å². The predicted octanol–water partition coefficient (Wildman–Crippen LogP) is 2.62. The number of methoxy groups -OCH3 is 1. The second-order valence-corrected chi connectivity index (χ2v) is 6.22. The maximum Gasteiger partial charge on any atom is 0.0827 e. The second kappa shape index (κ2) is 5.27. The zero-order valence-electron chi connectivity index (χ0n) is 10.7. The molecule has 0 saturated heterocycles. The quantitative estimate of drug-likeness (QED) is 0.630. The molecule has 0 aliphatic heterocycles. The molecule has 0 amide bonds. The van der Waals surface area contributed by atoms with Gasteiger partial charge < -0.3 is 4.74 Å². The average molecular weight is 242 g/mol. The van der Waals surface area contributed by atoms with Gasteiger partial charge in [-0.3, -0.25) is 11.3 Å². The first kappa shape index (κ1) is 13.6. The highest BCUT2D eigenvalue weighted by molar-refractivity contribution is 7.10. The zero-order valence-corrected chi connectivity index (χ0v) is 11.5. The lowest BCUT2D eigenvalue weighted by Gasteiger charge is -2.35. The van der Waals surface area contributed by atoms with Crippen LogP contribution < -0.4 is 11.3 Å². The van der Waals surface area contributed by atoms with Crippen molar-refractivity contribution in [3.8, 4) is 0 Å². The topological polar surface area (TPSA) is 47.3 Å². The molecule has 0 saturated carbocycles. The van der Waals surface area contributed by atoms with Crippen LogP contribution in [0.4, 0.5) is 0 Å². The minimum absolute atomic E-state index is 0.0382. The van der Waals surface area contributed by atoms with Gasteiger partial charge in [-0.15, -0.1) is 11.3 Å². The summed E-state index contributed by atoms with van der Waals surface area (Å²) in [5.74, 6) is 5.68. The maximum absolute atomic E-state index is 5.68. The molecular formula is C12H22N2OS. The molecule has 3 N–H and O–H groups in total. The van der Waals surface area contributed by atoms with Crippen molar-refractivity contribution in [1.29, 1.82) is 0 Å². The average Bonchev–Trinajstić information content (AvgIpc) is 2.58. The molecule has 0 aliphatic carbocycles. The van der Waals surface area contributed by atoms with Gasteiger partial charge in [0.2, 0.25) is 0 Å². The Morgan fingerprint density at radius 3 is 2.38 bits per heavy atom. The Labute approximate surface area is 102 Å². The number of nitrogens with one attached hydrogen (secondary N) is 1. The van der Waals surface area contributed by atoms with E-state index in [0.29, 0.717) is 0 Å². The molecule has 1 aromatic rings. The largest absolute Gasteiger partial charge is 0.379 e. The molecule has 3 nitrogen and oxygen atoms in total. The number of hydrazine groups is 1. The number of ether oxygens (including phenoxy) is 1. The summed E-state index contributed by atoms with van der Waals surface area (Å²) in [5.41, 5.74) is 4.16. The van der Waals surface area contributed by atoms with Crippen LogP contribution in [0.15, 0.2) is 11.4 Å². The number of hydrogen-bond donors (Lipinski definition) is 2. The first-order valence-corrected chi connectivity index (χ1v) is 6.32. The van der Waals surface area contributed by atoms with Gasteiger partial charge in [0.1, 0.15) is 0 Å². The molecule has 1 aromatic heterocycles. The predicted molar refractivity (Wildman–Crippen MR) is 69.4 cm³/mol. The number of nitrogens with two attached hydrogens (primary N) is 1. The first-order valence-electron chi connectivity index (χ1n) is 5.44. The fourth-order valence-electron chi connectivity index (χ4n) is 2.05. The Balaban J connectivity index is 3.02. The van der Waals surface area contributed by atoms with Crippen molar-refractivity contribution in [1.82, 2.24) is 5.43 Å². The maximum atomic E-state index is 5.68. The Morgan fingerprint density at radius 1 is 1.44 bits per heavy atom. The number of hydrogen-bond acceptors (Lipinski definition) is 4. The molecule has 0 fully saturated rings. The third-order valence-corrected chi connectivity index (χ3v) is 3.69. The summed E-state index contributed by atoms with van der Waals surface area (Å²) in [6.45, 7) is 8.59. The van der Waals surface area contributed by atoms with E-state index in [9.17, 15) is 0 Å². The standard InChI is InChI=1S/C12H22N2OS/c1-8-9(6-7-16-8)10(14-13)11(15-5)12(2,3)4/h6-7,10-11,14H,13H2,1-5H3. The summed E-state index contributed by atoms with van der Waals surface area (Å²) in [5, 5.41) is 2.09. The van der Waals surface area contributed by atoms with Crippen molar-refractivity contribution in [2.24, 2.45) is 11.3 Å². The lowest BCUT2D eigenvalue weighted by molar-refractivity contribution is -0.0120. The number of aryl methyl sites for hydroxylation is 1. The molecule has 0 aromatic carbocycles. The van der Waals surface area contributed by atoms with Crippen LogP contribution in [0.3, 0.4) is 0 Å². The van der Waals surface area contributed by atoms with Crippen molar-refractivity contribution in [2.75, 3.05) is 7.11 Å². The second-order valence-electron chi connectivity index (χ2n) is 5.10. The van der Waals surface area contributed by atoms with E-state index in [1.807, 2.05) is 0 Å². The smallest absolute Gasteiger partial charge is 0.0827 e. The number of rotatable bonds is 4. The molecule has 1 rings (SSSR count). The Bertz CT molecular complexity index is 330. The normalized spacial score (nSPS) is 16.1. The van der Waals surface area contributed by atoms with Crippen molar-refractivity contribution in [2.45, 2.75) is 39.8 Å². The van der Waals surface area contributed by atoms with Crippen LogP contribution in [0.25, 0.3) is 0 Å². The highest BCUT2D eigenvalue weighted by atomic mass is 32.1. The molecule has 92 valence electrons. The van der Waals surface area contributed by atoms with E-state index in [1.165, 1.54) is 10.4 Å². The zero-order chi connectivity index (χ0) is 12.3. The van der Waals surface area contributed by atoms with Crippen LogP contribution in [0.2, 0.25) is 0 Å². The first-order chi connectivity index (χ1) is 7.41. The lowest BCUT2D eigenvalue weighted by atomic mass is 9.82. The van der Waals surface area contributed by atoms with Crippen LogP contribution in [0, 0.1) is 12.3 Å². The molecule has 16 heavy (non-hydrogen) atoms. The van der Waals surface area contributed by atoms with Crippen LogP contribution in [0.5, 0.6) is 0 Å². The van der Waals surface area contributed by atoms with Crippen LogP contribution in [0.1, 0.15) is 37.3 Å². The van der Waals surface area contributed by atoms with E-state index >= 15 is 0 Å². The van der Waals surface area contributed by atoms with Crippen molar-refractivity contribution in [3.63, 3.8) is 0 Å². The van der Waals surface area contributed by atoms with Gasteiger partial charge in [-0.05, 0) is 29.3 Å². The Kier molecular flexibility index (Phi) is 4.50. The Hall–Kier alpha value is -0.420. The van der Waals surface area contributed by atoms with Gasteiger partial charge in [-0.25, -0.2) is 0 Å². The molecule has 0 spiro atoms. The summed E-state index contributed by atoms with van der Waals surface area (Å²) >= 11 is 1.74. The molecular weight excluding hydrogens is 220 g/mol. The van der Waals surface area contributed by atoms with Gasteiger partial charge in [0.25, 0.3) is 0 Å². The molecule has 1 heterocycles. The monoisotopic (exact) mass is 242 g/mol. The van der Waals surface area contributed by atoms with Gasteiger partial charge in [0.05, 0.1) is 12.1 Å². The van der Waals surface area contributed by atoms with Crippen molar-refractivity contribution in [3.05, 3.63) is 21.9 Å². The minimum atomic E-state index is 0.0382. The van der Waals surface area contributed by atoms with E-state index in [4.69, 9.17) is 10.6 Å². The third-order valence-electron chi connectivity index (χ3n) is 2.82. The molecule has 2 atom stereocenters. The summed E-state index contributed by atoms with van der Waals surface area (Å²) < 4.78 is 5.61. The van der Waals surface area contributed by atoms with Gasteiger partial charge in [-0.1, -0.05) is 20.8 Å². The molecule has 2 unspecified atom stereocenters. The fourth-order valence-corrected chi connectivity index (χ4v) is 2.80. The Morgan fingerprint density at radius 2 is 2.06 bits per heavy atom. The third kappa shape index (κ3) is 2.83. The SMILES string of the molecule is COC(C(NN)c1ccsc1C)C(C)(C)C. The van der Waals surface area contributed by atoms with Gasteiger partial charge in [-0.2, -0.15) is 0 Å². The molecule has 0 bridgehead atoms. The van der Waals surface area contributed by atoms with Crippen LogP contribution in [-0.4, -0.2) is 13.2 Å². The van der Waals surface area contributed by atoms with Crippen LogP contribution >= 0.6 is 11.3 Å². The van der Waals surface area contributed by atoms with Crippen molar-refractivity contribution >= 4 is 11.3 Å². The van der Waals surface area contributed by atoms with Gasteiger partial charge in [0.15, 0.2) is 0 Å². The van der Waals surface area contributed by atoms with Gasteiger partial charge in [0, 0.05) is 12.0 Å². The van der Waals surface area contributed by atoms with E-state index in [-0.39, 0.29) is 17.6 Å². The summed E-state index contributed by atoms with van der Waals surface area (Å²) in [4.78, 5) is 1.29. The summed E-state index contributed by atoms with van der Waals surface area (Å²) in [7, 11) is 1.74. The highest BCUT2D eigenvalue weighted by Crippen LogP contribution is 2.34. The van der Waals surface area contributed by atoms with Gasteiger partial charge >= 0.3 is 0 Å². The van der Waals surface area contributed by atoms with Crippen molar-refractivity contribution < 1.29 is 4.74 Å². The minimum Gasteiger partial charge on any atom is -0.379 e. The lowest BCUT2D eigenvalue weighted by Crippen LogP contribution is -2.44.